The van der Waals surface area contributed by atoms with Gasteiger partial charge in [0, 0.05) is 50.5 Å². The number of rotatable bonds is 5. The second kappa shape index (κ2) is 7.74. The summed E-state index contributed by atoms with van der Waals surface area (Å²) in [5.41, 5.74) is 1.05. The standard InChI is InChI=1S/C22H31N3O3/c1-23-11-13-24(14-12-23)19-7-5-18(6-8-19)20(26)25-10-2-9-22(16-25,21(27)28)15-17-3-4-17/h5-8,17H,2-4,9-16H2,1H3,(H,27,28). The molecule has 6 nitrogen and oxygen atoms in total. The highest BCUT2D eigenvalue weighted by molar-refractivity contribution is 5.95. The molecule has 1 aliphatic carbocycles. The van der Waals surface area contributed by atoms with Gasteiger partial charge in [-0.25, -0.2) is 0 Å². The fourth-order valence-corrected chi connectivity index (χ4v) is 4.67. The van der Waals surface area contributed by atoms with Crippen LogP contribution in [0.3, 0.4) is 0 Å². The minimum Gasteiger partial charge on any atom is -0.481 e. The molecule has 152 valence electrons. The number of hydrogen-bond acceptors (Lipinski definition) is 4. The molecule has 0 bridgehead atoms. The van der Waals surface area contributed by atoms with E-state index >= 15 is 0 Å². The van der Waals surface area contributed by atoms with Crippen molar-refractivity contribution < 1.29 is 14.7 Å². The molecule has 0 spiro atoms. The fourth-order valence-electron chi connectivity index (χ4n) is 4.67. The van der Waals surface area contributed by atoms with Gasteiger partial charge in [-0.15, -0.1) is 0 Å². The maximum Gasteiger partial charge on any atom is 0.311 e. The highest BCUT2D eigenvalue weighted by atomic mass is 16.4. The van der Waals surface area contributed by atoms with Crippen molar-refractivity contribution in [2.75, 3.05) is 51.2 Å². The number of likely N-dealkylation sites (tertiary alicyclic amines) is 1. The molecular weight excluding hydrogens is 354 g/mol. The van der Waals surface area contributed by atoms with Crippen molar-refractivity contribution >= 4 is 17.6 Å². The van der Waals surface area contributed by atoms with Crippen LogP contribution in [-0.2, 0) is 4.79 Å². The Morgan fingerprint density at radius 2 is 1.75 bits per heavy atom. The lowest BCUT2D eigenvalue weighted by atomic mass is 9.75. The van der Waals surface area contributed by atoms with Gasteiger partial charge in [-0.05, 0) is 56.5 Å². The number of amides is 1. The first-order valence-corrected chi connectivity index (χ1v) is 10.5. The molecule has 1 aromatic rings. The second-order valence-corrected chi connectivity index (χ2v) is 8.90. The van der Waals surface area contributed by atoms with Crippen LogP contribution in [-0.4, -0.2) is 73.1 Å². The van der Waals surface area contributed by atoms with Gasteiger partial charge in [0.25, 0.3) is 5.91 Å². The lowest BCUT2D eigenvalue weighted by molar-refractivity contribution is -0.152. The summed E-state index contributed by atoms with van der Waals surface area (Å²) in [5, 5.41) is 9.89. The van der Waals surface area contributed by atoms with Crippen LogP contribution in [0.5, 0.6) is 0 Å². The molecule has 1 aromatic carbocycles. The number of likely N-dealkylation sites (N-methyl/N-ethyl adjacent to an activating group) is 1. The van der Waals surface area contributed by atoms with Crippen molar-refractivity contribution in [2.24, 2.45) is 11.3 Å². The van der Waals surface area contributed by atoms with E-state index in [2.05, 4.69) is 16.8 Å². The average Bonchev–Trinajstić information content (AvgIpc) is 3.52. The Labute approximate surface area is 167 Å². The van der Waals surface area contributed by atoms with E-state index < -0.39 is 11.4 Å². The molecule has 2 saturated heterocycles. The summed E-state index contributed by atoms with van der Waals surface area (Å²) in [4.78, 5) is 31.5. The number of piperidine rings is 1. The van der Waals surface area contributed by atoms with E-state index in [4.69, 9.17) is 0 Å². The van der Waals surface area contributed by atoms with Crippen LogP contribution < -0.4 is 4.90 Å². The molecule has 1 unspecified atom stereocenters. The van der Waals surface area contributed by atoms with Crippen LogP contribution in [0, 0.1) is 11.3 Å². The molecule has 0 radical (unpaired) electrons. The Hall–Kier alpha value is -2.08. The number of nitrogens with zero attached hydrogens (tertiary/aromatic N) is 3. The number of carboxylic acid groups (broad SMARTS) is 1. The summed E-state index contributed by atoms with van der Waals surface area (Å²) >= 11 is 0. The topological polar surface area (TPSA) is 64.1 Å². The van der Waals surface area contributed by atoms with Gasteiger partial charge in [0.2, 0.25) is 0 Å². The fraction of sp³-hybridized carbons (Fsp3) is 0.636. The van der Waals surface area contributed by atoms with E-state index in [1.165, 1.54) is 0 Å². The molecule has 1 atom stereocenters. The van der Waals surface area contributed by atoms with Crippen LogP contribution in [0.1, 0.15) is 42.5 Å². The number of aliphatic carboxylic acids is 1. The van der Waals surface area contributed by atoms with Crippen molar-refractivity contribution in [3.63, 3.8) is 0 Å². The molecule has 2 heterocycles. The number of carbonyl (C=O) groups is 2. The highest BCUT2D eigenvalue weighted by Gasteiger charge is 2.46. The summed E-state index contributed by atoms with van der Waals surface area (Å²) < 4.78 is 0. The smallest absolute Gasteiger partial charge is 0.311 e. The Morgan fingerprint density at radius 3 is 2.36 bits per heavy atom. The second-order valence-electron chi connectivity index (χ2n) is 8.90. The van der Waals surface area contributed by atoms with Crippen molar-refractivity contribution in [1.29, 1.82) is 0 Å². The van der Waals surface area contributed by atoms with E-state index in [1.54, 1.807) is 4.90 Å². The quantitative estimate of drug-likeness (QED) is 0.844. The summed E-state index contributed by atoms with van der Waals surface area (Å²) in [6.45, 7) is 5.09. The third-order valence-corrected chi connectivity index (χ3v) is 6.68. The molecule has 3 aliphatic rings. The third kappa shape index (κ3) is 4.02. The average molecular weight is 386 g/mol. The minimum atomic E-state index is -0.755. The van der Waals surface area contributed by atoms with Gasteiger partial charge >= 0.3 is 5.97 Å². The number of hydrogen-bond donors (Lipinski definition) is 1. The van der Waals surface area contributed by atoms with Crippen LogP contribution >= 0.6 is 0 Å². The van der Waals surface area contributed by atoms with E-state index in [-0.39, 0.29) is 5.91 Å². The summed E-state index contributed by atoms with van der Waals surface area (Å²) in [6, 6.07) is 7.84. The number of anilines is 1. The largest absolute Gasteiger partial charge is 0.481 e. The minimum absolute atomic E-state index is 0.0361. The van der Waals surface area contributed by atoms with Crippen molar-refractivity contribution in [3.8, 4) is 0 Å². The van der Waals surface area contributed by atoms with Crippen LogP contribution in [0.15, 0.2) is 24.3 Å². The number of carbonyl (C=O) groups excluding carboxylic acids is 1. The van der Waals surface area contributed by atoms with Crippen molar-refractivity contribution in [1.82, 2.24) is 9.80 Å². The first kappa shape index (κ1) is 19.2. The third-order valence-electron chi connectivity index (χ3n) is 6.68. The van der Waals surface area contributed by atoms with Gasteiger partial charge in [0.1, 0.15) is 0 Å². The molecule has 2 aliphatic heterocycles. The highest BCUT2D eigenvalue weighted by Crippen LogP contribution is 2.45. The first-order chi connectivity index (χ1) is 13.5. The van der Waals surface area contributed by atoms with Gasteiger partial charge in [-0.1, -0.05) is 12.8 Å². The zero-order chi connectivity index (χ0) is 19.7. The van der Waals surface area contributed by atoms with Crippen LogP contribution in [0.25, 0.3) is 0 Å². The zero-order valence-corrected chi connectivity index (χ0v) is 16.8. The molecule has 28 heavy (non-hydrogen) atoms. The van der Waals surface area contributed by atoms with Crippen molar-refractivity contribution in [2.45, 2.75) is 32.1 Å². The Balaban J connectivity index is 1.44. The zero-order valence-electron chi connectivity index (χ0n) is 16.8. The molecule has 6 heteroatoms. The van der Waals surface area contributed by atoms with Crippen LogP contribution in [0.2, 0.25) is 0 Å². The summed E-state index contributed by atoms with van der Waals surface area (Å²) in [6.07, 6.45) is 4.44. The van der Waals surface area contributed by atoms with Gasteiger partial charge in [0.15, 0.2) is 0 Å². The van der Waals surface area contributed by atoms with E-state index in [0.717, 1.165) is 51.1 Å². The maximum atomic E-state index is 13.1. The molecular formula is C22H31N3O3. The normalized spacial score (nSPS) is 26.3. The molecule has 3 fully saturated rings. The monoisotopic (exact) mass is 385 g/mol. The lowest BCUT2D eigenvalue weighted by Crippen LogP contribution is -2.50. The molecule has 1 saturated carbocycles. The molecule has 1 N–H and O–H groups in total. The summed E-state index contributed by atoms with van der Waals surface area (Å²) in [5.74, 6) is -0.234. The van der Waals surface area contributed by atoms with Gasteiger partial charge < -0.3 is 19.8 Å². The molecule has 4 rings (SSSR count). The van der Waals surface area contributed by atoms with Gasteiger partial charge in [-0.2, -0.15) is 0 Å². The molecule has 0 aromatic heterocycles. The van der Waals surface area contributed by atoms with E-state index in [0.29, 0.717) is 37.4 Å². The van der Waals surface area contributed by atoms with Crippen LogP contribution in [0.4, 0.5) is 5.69 Å². The maximum absolute atomic E-state index is 13.1. The summed E-state index contributed by atoms with van der Waals surface area (Å²) in [7, 11) is 2.14. The Bertz CT molecular complexity index is 723. The SMILES string of the molecule is CN1CCN(c2ccc(C(=O)N3CCCC(CC4CC4)(C(=O)O)C3)cc2)CC1. The predicted molar refractivity (Wildman–Crippen MR) is 109 cm³/mol. The number of piperazine rings is 1. The lowest BCUT2D eigenvalue weighted by Gasteiger charge is -2.40. The predicted octanol–water partition coefficient (Wildman–Crippen LogP) is 2.55. The Kier molecular flexibility index (Phi) is 5.32. The molecule has 1 amide bonds. The van der Waals surface area contributed by atoms with E-state index in [1.807, 2.05) is 24.3 Å². The number of benzene rings is 1. The first-order valence-electron chi connectivity index (χ1n) is 10.5. The number of carboxylic acids is 1. The Morgan fingerprint density at radius 1 is 1.07 bits per heavy atom. The van der Waals surface area contributed by atoms with Gasteiger partial charge in [-0.3, -0.25) is 9.59 Å². The van der Waals surface area contributed by atoms with Crippen molar-refractivity contribution in [3.05, 3.63) is 29.8 Å². The van der Waals surface area contributed by atoms with E-state index in [9.17, 15) is 14.7 Å². The van der Waals surface area contributed by atoms with Gasteiger partial charge in [0.05, 0.1) is 5.41 Å².